The van der Waals surface area contributed by atoms with E-state index in [1.165, 1.54) is 19.4 Å². The van der Waals surface area contributed by atoms with Gasteiger partial charge in [0.1, 0.15) is 5.78 Å². The number of hydrogen-bond donors (Lipinski definition) is 0. The lowest BCUT2D eigenvalue weighted by Gasteiger charge is -2.45. The SMILES string of the molecule is C[C@@H]1CC(=O)[C@H]2[C@H](CCN3CCC[C@H]23)O1. The molecule has 0 aromatic carbocycles. The van der Waals surface area contributed by atoms with Crippen molar-refractivity contribution in [1.29, 1.82) is 0 Å². The van der Waals surface area contributed by atoms with Crippen LogP contribution in [0.2, 0.25) is 0 Å². The molecule has 0 aromatic heterocycles. The van der Waals surface area contributed by atoms with Crippen LogP contribution in [0.4, 0.5) is 0 Å². The first-order valence-electron chi connectivity index (χ1n) is 6.18. The fourth-order valence-electron chi connectivity index (χ4n) is 3.60. The van der Waals surface area contributed by atoms with E-state index < -0.39 is 0 Å². The molecule has 3 aliphatic heterocycles. The van der Waals surface area contributed by atoms with E-state index in [2.05, 4.69) is 4.90 Å². The van der Waals surface area contributed by atoms with Crippen LogP contribution in [-0.4, -0.2) is 42.0 Å². The molecule has 0 radical (unpaired) electrons. The van der Waals surface area contributed by atoms with E-state index in [4.69, 9.17) is 4.74 Å². The molecule has 0 aromatic rings. The summed E-state index contributed by atoms with van der Waals surface area (Å²) >= 11 is 0. The lowest BCUT2D eigenvalue weighted by Crippen LogP contribution is -2.55. The van der Waals surface area contributed by atoms with Gasteiger partial charge in [-0.1, -0.05) is 0 Å². The van der Waals surface area contributed by atoms with E-state index in [0.29, 0.717) is 18.2 Å². The molecule has 4 atom stereocenters. The molecule has 3 nitrogen and oxygen atoms in total. The number of ether oxygens (including phenoxy) is 1. The van der Waals surface area contributed by atoms with E-state index >= 15 is 0 Å². The standard InChI is InChI=1S/C12H19NO2/c1-8-7-10(14)12-9-3-2-5-13(9)6-4-11(12)15-8/h8-9,11-12H,2-7H2,1H3/t8-,9-,11+,12+/m1/s1. The van der Waals surface area contributed by atoms with Crippen molar-refractivity contribution in [2.24, 2.45) is 5.92 Å². The summed E-state index contributed by atoms with van der Waals surface area (Å²) in [5.74, 6) is 0.646. The van der Waals surface area contributed by atoms with E-state index in [-0.39, 0.29) is 18.1 Å². The molecule has 0 spiro atoms. The smallest absolute Gasteiger partial charge is 0.142 e. The van der Waals surface area contributed by atoms with E-state index in [1.54, 1.807) is 0 Å². The van der Waals surface area contributed by atoms with Crippen molar-refractivity contribution in [2.75, 3.05) is 13.1 Å². The predicted molar refractivity (Wildman–Crippen MR) is 56.7 cm³/mol. The van der Waals surface area contributed by atoms with Crippen molar-refractivity contribution in [2.45, 2.75) is 50.9 Å². The Labute approximate surface area is 90.8 Å². The quantitative estimate of drug-likeness (QED) is 0.600. The van der Waals surface area contributed by atoms with Crippen LogP contribution in [0.15, 0.2) is 0 Å². The topological polar surface area (TPSA) is 29.5 Å². The highest BCUT2D eigenvalue weighted by molar-refractivity contribution is 5.83. The summed E-state index contributed by atoms with van der Waals surface area (Å²) in [6, 6.07) is 0.503. The van der Waals surface area contributed by atoms with Crippen molar-refractivity contribution < 1.29 is 9.53 Å². The molecule has 15 heavy (non-hydrogen) atoms. The van der Waals surface area contributed by atoms with Gasteiger partial charge in [0, 0.05) is 19.0 Å². The molecular weight excluding hydrogens is 190 g/mol. The molecule has 3 saturated heterocycles. The van der Waals surface area contributed by atoms with Crippen molar-refractivity contribution in [3.05, 3.63) is 0 Å². The molecule has 0 aliphatic carbocycles. The first-order chi connectivity index (χ1) is 7.25. The van der Waals surface area contributed by atoms with Gasteiger partial charge in [0.05, 0.1) is 18.1 Å². The summed E-state index contributed by atoms with van der Waals surface area (Å²) in [6.07, 6.45) is 4.51. The van der Waals surface area contributed by atoms with Gasteiger partial charge in [0.2, 0.25) is 0 Å². The normalized spacial score (nSPS) is 46.3. The van der Waals surface area contributed by atoms with E-state index in [0.717, 1.165) is 13.0 Å². The minimum Gasteiger partial charge on any atom is -0.374 e. The van der Waals surface area contributed by atoms with Crippen LogP contribution >= 0.6 is 0 Å². The summed E-state index contributed by atoms with van der Waals surface area (Å²) in [7, 11) is 0. The highest BCUT2D eigenvalue weighted by Crippen LogP contribution is 2.37. The molecule has 3 rings (SSSR count). The van der Waals surface area contributed by atoms with Crippen LogP contribution in [0, 0.1) is 5.92 Å². The molecule has 0 bridgehead atoms. The minimum atomic E-state index is 0.145. The number of ketones is 1. The van der Waals surface area contributed by atoms with Gasteiger partial charge in [0.25, 0.3) is 0 Å². The molecule has 0 N–H and O–H groups in total. The third-order valence-electron chi connectivity index (χ3n) is 4.20. The second kappa shape index (κ2) is 3.56. The van der Waals surface area contributed by atoms with E-state index in [9.17, 15) is 4.79 Å². The first-order valence-corrected chi connectivity index (χ1v) is 6.18. The third-order valence-corrected chi connectivity index (χ3v) is 4.20. The molecule has 3 heterocycles. The van der Waals surface area contributed by atoms with Gasteiger partial charge in [-0.25, -0.2) is 0 Å². The third kappa shape index (κ3) is 1.53. The number of nitrogens with zero attached hydrogens (tertiary/aromatic N) is 1. The summed E-state index contributed by atoms with van der Waals surface area (Å²) in [4.78, 5) is 14.6. The van der Waals surface area contributed by atoms with Crippen molar-refractivity contribution in [3.8, 4) is 0 Å². The highest BCUT2D eigenvalue weighted by atomic mass is 16.5. The molecule has 0 amide bonds. The van der Waals surface area contributed by atoms with Crippen molar-refractivity contribution in [1.82, 2.24) is 4.90 Å². The Hall–Kier alpha value is -0.410. The monoisotopic (exact) mass is 209 g/mol. The maximum absolute atomic E-state index is 12.1. The number of Topliss-reactive ketones (excluding diaryl/α,β-unsaturated/α-hetero) is 1. The Morgan fingerprint density at radius 1 is 1.33 bits per heavy atom. The Kier molecular flexibility index (Phi) is 2.33. The van der Waals surface area contributed by atoms with Gasteiger partial charge < -0.3 is 4.74 Å². The van der Waals surface area contributed by atoms with Gasteiger partial charge in [-0.05, 0) is 32.7 Å². The van der Waals surface area contributed by atoms with E-state index in [1.807, 2.05) is 6.92 Å². The van der Waals surface area contributed by atoms with Crippen molar-refractivity contribution in [3.63, 3.8) is 0 Å². The molecule has 3 aliphatic rings. The van der Waals surface area contributed by atoms with Crippen molar-refractivity contribution >= 4 is 5.78 Å². The number of hydrogen-bond acceptors (Lipinski definition) is 3. The lowest BCUT2D eigenvalue weighted by molar-refractivity contribution is -0.156. The van der Waals surface area contributed by atoms with Crippen LogP contribution in [-0.2, 0) is 9.53 Å². The number of carbonyl (C=O) groups is 1. The molecule has 84 valence electrons. The fourth-order valence-corrected chi connectivity index (χ4v) is 3.60. The minimum absolute atomic E-state index is 0.145. The Bertz CT molecular complexity index is 279. The summed E-state index contributed by atoms with van der Waals surface area (Å²) in [5.41, 5.74) is 0. The van der Waals surface area contributed by atoms with Crippen LogP contribution < -0.4 is 0 Å². The molecular formula is C12H19NO2. The van der Waals surface area contributed by atoms with Gasteiger partial charge >= 0.3 is 0 Å². The molecule has 3 heteroatoms. The largest absolute Gasteiger partial charge is 0.374 e. The second-order valence-corrected chi connectivity index (χ2v) is 5.22. The lowest BCUT2D eigenvalue weighted by atomic mass is 9.79. The fraction of sp³-hybridized carbons (Fsp3) is 0.917. The maximum Gasteiger partial charge on any atom is 0.142 e. The predicted octanol–water partition coefficient (Wildman–Crippen LogP) is 1.22. The Morgan fingerprint density at radius 3 is 3.07 bits per heavy atom. The average Bonchev–Trinajstić information content (AvgIpc) is 2.63. The first kappa shape index (κ1) is 9.79. The van der Waals surface area contributed by atoms with Crippen LogP contribution in [0.1, 0.15) is 32.6 Å². The Morgan fingerprint density at radius 2 is 2.20 bits per heavy atom. The number of carbonyl (C=O) groups excluding carboxylic acids is 1. The molecule has 3 fully saturated rings. The maximum atomic E-state index is 12.1. The average molecular weight is 209 g/mol. The van der Waals surface area contributed by atoms with Gasteiger partial charge in [0.15, 0.2) is 0 Å². The zero-order chi connectivity index (χ0) is 10.4. The Balaban J connectivity index is 1.83. The summed E-state index contributed by atoms with van der Waals surface area (Å²) in [6.45, 7) is 4.34. The van der Waals surface area contributed by atoms with Crippen LogP contribution in [0.5, 0.6) is 0 Å². The van der Waals surface area contributed by atoms with Crippen LogP contribution in [0.25, 0.3) is 0 Å². The number of fused-ring (bicyclic) bond motifs is 3. The number of piperidine rings is 1. The van der Waals surface area contributed by atoms with Gasteiger partial charge in [-0.3, -0.25) is 9.69 Å². The molecule has 0 saturated carbocycles. The summed E-state index contributed by atoms with van der Waals surface area (Å²) < 4.78 is 5.92. The zero-order valence-corrected chi connectivity index (χ0v) is 9.32. The number of rotatable bonds is 0. The zero-order valence-electron chi connectivity index (χ0n) is 9.32. The highest BCUT2D eigenvalue weighted by Gasteiger charge is 2.47. The van der Waals surface area contributed by atoms with Gasteiger partial charge in [-0.15, -0.1) is 0 Å². The van der Waals surface area contributed by atoms with Gasteiger partial charge in [-0.2, -0.15) is 0 Å². The van der Waals surface area contributed by atoms with Crippen LogP contribution in [0.3, 0.4) is 0 Å². The second-order valence-electron chi connectivity index (χ2n) is 5.22. The molecule has 0 unspecified atom stereocenters. The summed E-state index contributed by atoms with van der Waals surface area (Å²) in [5, 5.41) is 0.